The number of halogens is 3. The van der Waals surface area contributed by atoms with Crippen molar-refractivity contribution in [2.45, 2.75) is 5.03 Å². The molecule has 1 rings (SSSR count). The van der Waals surface area contributed by atoms with Crippen LogP contribution >= 0.6 is 38.2 Å². The second kappa shape index (κ2) is 3.49. The van der Waals surface area contributed by atoms with Crippen LogP contribution in [0.3, 0.4) is 0 Å². The van der Waals surface area contributed by atoms with Gasteiger partial charge >= 0.3 is 0 Å². The second-order valence-electron chi connectivity index (χ2n) is 1.88. The standard InChI is InChI=1S/C5H2BrCl2NO2S/c6-4-1-3(7)2-9-5(4)12(8,10)11/h1-2H. The summed E-state index contributed by atoms with van der Waals surface area (Å²) in [5.74, 6) is 0. The van der Waals surface area contributed by atoms with Crippen molar-refractivity contribution in [1.29, 1.82) is 0 Å². The summed E-state index contributed by atoms with van der Waals surface area (Å²) in [5.41, 5.74) is 0. The Labute approximate surface area is 87.3 Å². The summed E-state index contributed by atoms with van der Waals surface area (Å²) in [6.45, 7) is 0. The largest absolute Gasteiger partial charge is 0.279 e. The molecule has 0 saturated carbocycles. The lowest BCUT2D eigenvalue weighted by Gasteiger charge is -1.97. The van der Waals surface area contributed by atoms with Crippen LogP contribution in [0.25, 0.3) is 0 Å². The lowest BCUT2D eigenvalue weighted by atomic mass is 10.5. The van der Waals surface area contributed by atoms with Gasteiger partial charge in [-0.2, -0.15) is 0 Å². The fourth-order valence-corrected chi connectivity index (χ4v) is 2.98. The molecule has 0 aliphatic carbocycles. The van der Waals surface area contributed by atoms with E-state index in [1.807, 2.05) is 0 Å². The summed E-state index contributed by atoms with van der Waals surface area (Å²) >= 11 is 8.51. The Kier molecular flexibility index (Phi) is 2.98. The fraction of sp³-hybridized carbons (Fsp3) is 0. The number of rotatable bonds is 1. The summed E-state index contributed by atoms with van der Waals surface area (Å²) < 4.78 is 21.8. The van der Waals surface area contributed by atoms with E-state index in [4.69, 9.17) is 22.3 Å². The molecule has 3 nitrogen and oxygen atoms in total. The highest BCUT2D eigenvalue weighted by Crippen LogP contribution is 2.25. The van der Waals surface area contributed by atoms with Crippen LogP contribution in [0.5, 0.6) is 0 Å². The third kappa shape index (κ3) is 2.32. The summed E-state index contributed by atoms with van der Waals surface area (Å²) in [6.07, 6.45) is 1.21. The zero-order valence-electron chi connectivity index (χ0n) is 5.46. The van der Waals surface area contributed by atoms with E-state index in [-0.39, 0.29) is 9.50 Å². The van der Waals surface area contributed by atoms with Crippen molar-refractivity contribution in [3.05, 3.63) is 21.8 Å². The van der Waals surface area contributed by atoms with Crippen LogP contribution in [-0.2, 0) is 9.05 Å². The molecule has 0 spiro atoms. The van der Waals surface area contributed by atoms with Crippen molar-refractivity contribution in [1.82, 2.24) is 4.98 Å². The van der Waals surface area contributed by atoms with Gasteiger partial charge in [0.2, 0.25) is 0 Å². The van der Waals surface area contributed by atoms with E-state index >= 15 is 0 Å². The molecule has 0 unspecified atom stereocenters. The topological polar surface area (TPSA) is 47.0 Å². The molecule has 0 radical (unpaired) electrons. The highest BCUT2D eigenvalue weighted by atomic mass is 79.9. The van der Waals surface area contributed by atoms with Gasteiger partial charge in [-0.05, 0) is 22.0 Å². The Balaban J connectivity index is 3.39. The quantitative estimate of drug-likeness (QED) is 0.746. The Hall–Kier alpha value is 0.160. The van der Waals surface area contributed by atoms with Gasteiger partial charge in [0.15, 0.2) is 5.03 Å². The maximum Gasteiger partial charge on any atom is 0.279 e. The number of hydrogen-bond acceptors (Lipinski definition) is 3. The van der Waals surface area contributed by atoms with Crippen molar-refractivity contribution < 1.29 is 8.42 Å². The zero-order chi connectivity index (χ0) is 9.35. The first-order chi connectivity index (χ1) is 5.41. The molecule has 0 bridgehead atoms. The number of hydrogen-bond donors (Lipinski definition) is 0. The molecule has 0 N–H and O–H groups in total. The van der Waals surface area contributed by atoms with Gasteiger partial charge in [-0.1, -0.05) is 11.6 Å². The lowest BCUT2D eigenvalue weighted by molar-refractivity contribution is 0.605. The van der Waals surface area contributed by atoms with Gasteiger partial charge in [0.05, 0.1) is 9.50 Å². The lowest BCUT2D eigenvalue weighted by Crippen LogP contribution is -1.95. The SMILES string of the molecule is O=S(=O)(Cl)c1ncc(Cl)cc1Br. The van der Waals surface area contributed by atoms with E-state index in [0.29, 0.717) is 5.02 Å². The summed E-state index contributed by atoms with van der Waals surface area (Å²) in [7, 11) is 1.26. The molecule has 0 aliphatic heterocycles. The van der Waals surface area contributed by atoms with E-state index in [0.717, 1.165) is 0 Å². The van der Waals surface area contributed by atoms with Crippen molar-refractivity contribution in [3.63, 3.8) is 0 Å². The number of pyridine rings is 1. The van der Waals surface area contributed by atoms with Crippen molar-refractivity contribution in [2.75, 3.05) is 0 Å². The molecule has 0 saturated heterocycles. The van der Waals surface area contributed by atoms with Crippen LogP contribution < -0.4 is 0 Å². The Morgan fingerprint density at radius 2 is 2.08 bits per heavy atom. The van der Waals surface area contributed by atoms with Crippen LogP contribution in [0.2, 0.25) is 5.02 Å². The molecule has 12 heavy (non-hydrogen) atoms. The van der Waals surface area contributed by atoms with Crippen LogP contribution in [-0.4, -0.2) is 13.4 Å². The normalized spacial score (nSPS) is 11.6. The average molecular weight is 291 g/mol. The average Bonchev–Trinajstić information content (AvgIpc) is 1.83. The molecule has 7 heteroatoms. The maximum atomic E-state index is 10.8. The predicted molar refractivity (Wildman–Crippen MR) is 50.0 cm³/mol. The molecular weight excluding hydrogens is 289 g/mol. The Morgan fingerprint density at radius 1 is 1.50 bits per heavy atom. The third-order valence-corrected chi connectivity index (χ3v) is 3.30. The number of nitrogens with zero attached hydrogens (tertiary/aromatic N) is 1. The highest BCUT2D eigenvalue weighted by Gasteiger charge is 2.15. The van der Waals surface area contributed by atoms with Crippen LogP contribution in [0.4, 0.5) is 0 Å². The fourth-order valence-electron chi connectivity index (χ4n) is 0.581. The van der Waals surface area contributed by atoms with E-state index < -0.39 is 9.05 Å². The minimum Gasteiger partial charge on any atom is -0.241 e. The van der Waals surface area contributed by atoms with Crippen LogP contribution in [0, 0.1) is 0 Å². The van der Waals surface area contributed by atoms with Gasteiger partial charge in [-0.15, -0.1) is 0 Å². The van der Waals surface area contributed by atoms with Gasteiger partial charge in [-0.25, -0.2) is 13.4 Å². The molecule has 1 aromatic heterocycles. The monoisotopic (exact) mass is 289 g/mol. The van der Waals surface area contributed by atoms with Gasteiger partial charge < -0.3 is 0 Å². The molecule has 0 aromatic carbocycles. The minimum absolute atomic E-state index is 0.228. The highest BCUT2D eigenvalue weighted by molar-refractivity contribution is 9.10. The Bertz CT molecular complexity index is 406. The first-order valence-electron chi connectivity index (χ1n) is 2.67. The first kappa shape index (κ1) is 10.2. The van der Waals surface area contributed by atoms with Gasteiger partial charge in [0.25, 0.3) is 9.05 Å². The molecule has 0 fully saturated rings. The minimum atomic E-state index is -3.79. The molecule has 0 amide bonds. The summed E-state index contributed by atoms with van der Waals surface area (Å²) in [5, 5.41) is 0.111. The number of aromatic nitrogens is 1. The van der Waals surface area contributed by atoms with Gasteiger partial charge in [0.1, 0.15) is 0 Å². The molecule has 0 atom stereocenters. The second-order valence-corrected chi connectivity index (χ2v) is 5.65. The van der Waals surface area contributed by atoms with Crippen molar-refractivity contribution >= 4 is 47.3 Å². The van der Waals surface area contributed by atoms with E-state index in [9.17, 15) is 8.42 Å². The third-order valence-electron chi connectivity index (χ3n) is 1.01. The molecule has 66 valence electrons. The molecule has 0 aliphatic rings. The molecule has 1 aromatic rings. The van der Waals surface area contributed by atoms with E-state index in [2.05, 4.69) is 20.9 Å². The van der Waals surface area contributed by atoms with Gasteiger partial charge in [0, 0.05) is 16.9 Å². The summed E-state index contributed by atoms with van der Waals surface area (Å²) in [4.78, 5) is 3.55. The zero-order valence-corrected chi connectivity index (χ0v) is 9.37. The molecular formula is C5H2BrCl2NO2S. The van der Waals surface area contributed by atoms with Crippen molar-refractivity contribution in [2.24, 2.45) is 0 Å². The predicted octanol–water partition coefficient (Wildman–Crippen LogP) is 2.42. The summed E-state index contributed by atoms with van der Waals surface area (Å²) in [6, 6.07) is 1.41. The van der Waals surface area contributed by atoms with Crippen LogP contribution in [0.15, 0.2) is 21.8 Å². The Morgan fingerprint density at radius 3 is 2.50 bits per heavy atom. The maximum absolute atomic E-state index is 10.8. The van der Waals surface area contributed by atoms with Gasteiger partial charge in [-0.3, -0.25) is 0 Å². The molecule has 1 heterocycles. The van der Waals surface area contributed by atoms with Crippen molar-refractivity contribution in [3.8, 4) is 0 Å². The first-order valence-corrected chi connectivity index (χ1v) is 6.15. The van der Waals surface area contributed by atoms with E-state index in [1.54, 1.807) is 0 Å². The van der Waals surface area contributed by atoms with E-state index in [1.165, 1.54) is 12.3 Å². The smallest absolute Gasteiger partial charge is 0.241 e. The van der Waals surface area contributed by atoms with Crippen LogP contribution in [0.1, 0.15) is 0 Å².